The summed E-state index contributed by atoms with van der Waals surface area (Å²) in [6, 6.07) is 16.2. The summed E-state index contributed by atoms with van der Waals surface area (Å²) in [6.45, 7) is 10.0. The molecule has 0 aliphatic heterocycles. The lowest BCUT2D eigenvalue weighted by Crippen LogP contribution is -2.24. The Morgan fingerprint density at radius 2 is 1.55 bits per heavy atom. The first-order valence-electron chi connectivity index (χ1n) is 7.85. The number of benzene rings is 2. The molecule has 3 heteroatoms. The molecule has 2 nitrogen and oxygen atoms in total. The van der Waals surface area contributed by atoms with Gasteiger partial charge in [0, 0.05) is 12.6 Å². The summed E-state index contributed by atoms with van der Waals surface area (Å²) in [5, 5.41) is 5.03. The second-order valence-corrected chi connectivity index (χ2v) is 5.49. The number of carbonyl (C=O) groups is 1. The molecule has 22 heavy (non-hydrogen) atoms. The fraction of sp³-hybridized carbons (Fsp3) is 0.316. The maximum atomic E-state index is 11.8. The molecule has 0 saturated carbocycles. The average molecular weight is 317 g/mol. The van der Waals surface area contributed by atoms with Crippen molar-refractivity contribution in [1.82, 2.24) is 5.32 Å². The van der Waals surface area contributed by atoms with Gasteiger partial charge in [-0.25, -0.2) is 0 Å². The van der Waals surface area contributed by atoms with E-state index in [9.17, 15) is 4.79 Å². The molecular weight excluding hydrogens is 289 g/mol. The van der Waals surface area contributed by atoms with Gasteiger partial charge in [0.25, 0.3) is 5.91 Å². The number of amides is 1. The summed E-state index contributed by atoms with van der Waals surface area (Å²) in [5.74, 6) is -0.0200. The van der Waals surface area contributed by atoms with Gasteiger partial charge in [-0.2, -0.15) is 0 Å². The summed E-state index contributed by atoms with van der Waals surface area (Å²) in [4.78, 5) is 11.8. The van der Waals surface area contributed by atoms with Crippen LogP contribution in [0.2, 0.25) is 0 Å². The molecule has 120 valence electrons. The van der Waals surface area contributed by atoms with Crippen LogP contribution < -0.4 is 15.9 Å². The monoisotopic (exact) mass is 317 g/mol. The molecule has 2 aromatic rings. The second-order valence-electron chi connectivity index (χ2n) is 4.12. The van der Waals surface area contributed by atoms with E-state index in [0.29, 0.717) is 8.58 Å². The third kappa shape index (κ3) is 6.41. The van der Waals surface area contributed by atoms with E-state index in [2.05, 4.69) is 23.5 Å². The van der Waals surface area contributed by atoms with Crippen LogP contribution in [0.4, 0.5) is 0 Å². The van der Waals surface area contributed by atoms with Crippen LogP contribution in [0.15, 0.2) is 48.5 Å². The first-order chi connectivity index (χ1) is 10.7. The third-order valence-electron chi connectivity index (χ3n) is 2.70. The molecule has 0 aliphatic rings. The van der Waals surface area contributed by atoms with E-state index in [1.807, 2.05) is 65.0 Å². The van der Waals surface area contributed by atoms with Crippen LogP contribution in [-0.4, -0.2) is 13.0 Å². The van der Waals surface area contributed by atoms with Crippen LogP contribution in [-0.2, 0) is 0 Å². The Balaban J connectivity index is 0.00000102. The van der Waals surface area contributed by atoms with Crippen molar-refractivity contribution in [2.45, 2.75) is 34.6 Å². The highest BCUT2D eigenvalue weighted by Crippen LogP contribution is 2.15. The van der Waals surface area contributed by atoms with E-state index in [4.69, 9.17) is 0 Å². The maximum absolute atomic E-state index is 11.8. The van der Waals surface area contributed by atoms with Gasteiger partial charge in [0.2, 0.25) is 0 Å². The minimum Gasteiger partial charge on any atom is -0.355 e. The predicted molar refractivity (Wildman–Crippen MR) is 101 cm³/mol. The van der Waals surface area contributed by atoms with Crippen LogP contribution in [0.3, 0.4) is 0 Å². The van der Waals surface area contributed by atoms with Crippen molar-refractivity contribution in [3.8, 4) is 0 Å². The molecule has 1 atom stereocenters. The Morgan fingerprint density at radius 3 is 2.09 bits per heavy atom. The highest BCUT2D eigenvalue weighted by molar-refractivity contribution is 7.55. The van der Waals surface area contributed by atoms with Crippen molar-refractivity contribution in [3.05, 3.63) is 59.7 Å². The lowest BCUT2D eigenvalue weighted by atomic mass is 10.1. The lowest BCUT2D eigenvalue weighted by Gasteiger charge is -2.09. The molecule has 2 aromatic carbocycles. The highest BCUT2D eigenvalue weighted by Gasteiger charge is 2.10. The van der Waals surface area contributed by atoms with Gasteiger partial charge in [0.1, 0.15) is 0 Å². The zero-order valence-electron chi connectivity index (χ0n) is 14.5. The van der Waals surface area contributed by atoms with Gasteiger partial charge in [-0.3, -0.25) is 4.79 Å². The summed E-state index contributed by atoms with van der Waals surface area (Å²) in [6.07, 6.45) is 0. The van der Waals surface area contributed by atoms with E-state index >= 15 is 0 Å². The van der Waals surface area contributed by atoms with Crippen molar-refractivity contribution >= 4 is 25.1 Å². The second kappa shape index (κ2) is 11.9. The molecule has 0 bridgehead atoms. The summed E-state index contributed by atoms with van der Waals surface area (Å²) in [5.41, 5.74) is 1.95. The number of nitrogens with one attached hydrogen (secondary N) is 1. The minimum atomic E-state index is -0.0200. The van der Waals surface area contributed by atoms with Crippen molar-refractivity contribution in [2.24, 2.45) is 0 Å². The van der Waals surface area contributed by atoms with Crippen LogP contribution in [0.5, 0.6) is 0 Å². The molecule has 0 aliphatic carbocycles. The molecular formula is C19H28NOP. The first-order valence-corrected chi connectivity index (χ1v) is 8.85. The molecule has 0 fully saturated rings. The zero-order chi connectivity index (χ0) is 17.0. The molecule has 0 heterocycles. The van der Waals surface area contributed by atoms with Crippen molar-refractivity contribution in [1.29, 1.82) is 0 Å². The van der Waals surface area contributed by atoms with Gasteiger partial charge in [-0.15, -0.1) is 0 Å². The van der Waals surface area contributed by atoms with E-state index < -0.39 is 0 Å². The SMILES string of the molecule is CC.CC.CNC(=O)c1ccc(C)cc1Pc1ccccc1. The van der Waals surface area contributed by atoms with Crippen LogP contribution in [0.1, 0.15) is 43.6 Å². The Morgan fingerprint density at radius 1 is 0.955 bits per heavy atom. The lowest BCUT2D eigenvalue weighted by molar-refractivity contribution is 0.0964. The number of hydrogen-bond donors (Lipinski definition) is 1. The van der Waals surface area contributed by atoms with E-state index in [1.165, 1.54) is 10.9 Å². The Hall–Kier alpha value is -1.66. The van der Waals surface area contributed by atoms with Gasteiger partial charge in [0.15, 0.2) is 0 Å². The quantitative estimate of drug-likeness (QED) is 0.851. The Labute approximate surface area is 137 Å². The average Bonchev–Trinajstić information content (AvgIpc) is 2.59. The fourth-order valence-electron chi connectivity index (χ4n) is 1.77. The standard InChI is InChI=1S/C15H16NOP.2C2H6/c1-11-8-9-13(15(17)16-2)14(10-11)18-12-6-4-3-5-7-12;2*1-2/h3-10,18H,1-2H3,(H,16,17);2*1-2H3. The van der Waals surface area contributed by atoms with Gasteiger partial charge in [-0.1, -0.05) is 84.3 Å². The van der Waals surface area contributed by atoms with E-state index in [1.54, 1.807) is 7.05 Å². The van der Waals surface area contributed by atoms with E-state index in [0.717, 1.165) is 10.9 Å². The maximum Gasteiger partial charge on any atom is 0.251 e. The minimum absolute atomic E-state index is 0.0200. The van der Waals surface area contributed by atoms with Gasteiger partial charge in [0.05, 0.1) is 0 Å². The highest BCUT2D eigenvalue weighted by atomic mass is 31.1. The smallest absolute Gasteiger partial charge is 0.251 e. The van der Waals surface area contributed by atoms with Gasteiger partial charge < -0.3 is 5.32 Å². The summed E-state index contributed by atoms with van der Waals surface area (Å²) >= 11 is 0. The number of carbonyl (C=O) groups excluding carboxylic acids is 1. The van der Waals surface area contributed by atoms with Gasteiger partial charge >= 0.3 is 0 Å². The molecule has 0 saturated heterocycles. The Kier molecular flexibility index (Phi) is 11.0. The molecule has 1 amide bonds. The third-order valence-corrected chi connectivity index (χ3v) is 4.00. The summed E-state index contributed by atoms with van der Waals surface area (Å²) < 4.78 is 0. The van der Waals surface area contributed by atoms with Gasteiger partial charge in [-0.05, 0) is 23.6 Å². The Bertz CT molecular complexity index is 553. The number of hydrogen-bond acceptors (Lipinski definition) is 1. The molecule has 1 N–H and O–H groups in total. The topological polar surface area (TPSA) is 29.1 Å². The van der Waals surface area contributed by atoms with Crippen molar-refractivity contribution in [2.75, 3.05) is 7.05 Å². The number of aryl methyl sites for hydroxylation is 1. The predicted octanol–water partition coefficient (Wildman–Crippen LogP) is 4.04. The summed E-state index contributed by atoms with van der Waals surface area (Å²) in [7, 11) is 2.17. The normalized spacial score (nSPS) is 9.36. The molecule has 0 radical (unpaired) electrons. The largest absolute Gasteiger partial charge is 0.355 e. The van der Waals surface area contributed by atoms with Crippen LogP contribution in [0, 0.1) is 6.92 Å². The first kappa shape index (κ1) is 20.3. The van der Waals surface area contributed by atoms with Crippen LogP contribution in [0.25, 0.3) is 0 Å². The zero-order valence-corrected chi connectivity index (χ0v) is 15.5. The number of rotatable bonds is 3. The molecule has 0 aromatic heterocycles. The van der Waals surface area contributed by atoms with E-state index in [-0.39, 0.29) is 5.91 Å². The molecule has 0 spiro atoms. The molecule has 1 unspecified atom stereocenters. The van der Waals surface area contributed by atoms with Crippen molar-refractivity contribution in [3.63, 3.8) is 0 Å². The molecule has 2 rings (SSSR count). The fourth-order valence-corrected chi connectivity index (χ4v) is 3.07. The van der Waals surface area contributed by atoms with Crippen LogP contribution >= 0.6 is 8.58 Å². The van der Waals surface area contributed by atoms with Crippen molar-refractivity contribution < 1.29 is 4.79 Å².